The van der Waals surface area contributed by atoms with Gasteiger partial charge in [-0.25, -0.2) is 9.37 Å². The van der Waals surface area contributed by atoms with Gasteiger partial charge in [0.1, 0.15) is 34.6 Å². The van der Waals surface area contributed by atoms with Gasteiger partial charge in [-0.15, -0.1) is 11.3 Å². The van der Waals surface area contributed by atoms with E-state index < -0.39 is 0 Å². The number of hydrogen-bond donors (Lipinski definition) is 1. The molecule has 3 heterocycles. The van der Waals surface area contributed by atoms with E-state index in [0.717, 1.165) is 23.1 Å². The standard InChI is InChI=1S/C28H26FN3O4S/c1-2-26(33)32-11-10-18-8-9-21(14-23(18)27(32)19-5-3-6-20(29)13-19)36-16-25-31-24(17-37-25)28(34)30-15-22-7-4-12-35-22/h3-9,12-14,17,27H,2,10-11,15-16H2,1H3,(H,30,34). The number of halogens is 1. The Morgan fingerprint density at radius 3 is 2.89 bits per heavy atom. The number of rotatable bonds is 8. The molecule has 5 rings (SSSR count). The summed E-state index contributed by atoms with van der Waals surface area (Å²) in [5.41, 5.74) is 3.07. The Bertz CT molecular complexity index is 1400. The Labute approximate surface area is 217 Å². The first-order chi connectivity index (χ1) is 18.0. The zero-order chi connectivity index (χ0) is 25.8. The maximum atomic E-state index is 14.1. The van der Waals surface area contributed by atoms with Crippen molar-refractivity contribution < 1.29 is 23.1 Å². The molecular formula is C28H26FN3O4S. The maximum Gasteiger partial charge on any atom is 0.271 e. The summed E-state index contributed by atoms with van der Waals surface area (Å²) >= 11 is 1.34. The van der Waals surface area contributed by atoms with Crippen molar-refractivity contribution in [2.24, 2.45) is 0 Å². The molecule has 9 heteroatoms. The van der Waals surface area contributed by atoms with Crippen LogP contribution < -0.4 is 10.1 Å². The molecule has 0 saturated heterocycles. The van der Waals surface area contributed by atoms with Crippen LogP contribution in [0.2, 0.25) is 0 Å². The van der Waals surface area contributed by atoms with Crippen molar-refractivity contribution in [3.05, 3.63) is 105 Å². The number of carbonyl (C=O) groups excluding carboxylic acids is 2. The van der Waals surface area contributed by atoms with Crippen molar-refractivity contribution in [2.45, 2.75) is 39.0 Å². The van der Waals surface area contributed by atoms with Gasteiger partial charge in [0.15, 0.2) is 0 Å². The van der Waals surface area contributed by atoms with Crippen molar-refractivity contribution in [3.8, 4) is 5.75 Å². The molecule has 1 aliphatic heterocycles. The third kappa shape index (κ3) is 5.56. The molecule has 0 radical (unpaired) electrons. The van der Waals surface area contributed by atoms with Crippen LogP contribution in [0.3, 0.4) is 0 Å². The number of hydrogen-bond acceptors (Lipinski definition) is 6. The molecule has 0 bridgehead atoms. The van der Waals surface area contributed by atoms with Gasteiger partial charge in [0.05, 0.1) is 18.8 Å². The predicted molar refractivity (Wildman–Crippen MR) is 137 cm³/mol. The van der Waals surface area contributed by atoms with Crippen molar-refractivity contribution in [1.82, 2.24) is 15.2 Å². The average molecular weight is 520 g/mol. The van der Waals surface area contributed by atoms with E-state index in [4.69, 9.17) is 9.15 Å². The minimum absolute atomic E-state index is 0.0203. The normalized spacial score (nSPS) is 14.8. The largest absolute Gasteiger partial charge is 0.486 e. The first-order valence-corrected chi connectivity index (χ1v) is 13.0. The molecule has 1 unspecified atom stereocenters. The summed E-state index contributed by atoms with van der Waals surface area (Å²) in [7, 11) is 0. The lowest BCUT2D eigenvalue weighted by Gasteiger charge is -2.38. The third-order valence-corrected chi connectivity index (χ3v) is 7.11. The van der Waals surface area contributed by atoms with Gasteiger partial charge < -0.3 is 19.4 Å². The van der Waals surface area contributed by atoms with Gasteiger partial charge in [0.2, 0.25) is 5.91 Å². The van der Waals surface area contributed by atoms with E-state index in [9.17, 15) is 14.0 Å². The van der Waals surface area contributed by atoms with Crippen molar-refractivity contribution in [3.63, 3.8) is 0 Å². The van der Waals surface area contributed by atoms with Gasteiger partial charge in [-0.3, -0.25) is 9.59 Å². The minimum Gasteiger partial charge on any atom is -0.486 e. The molecule has 4 aromatic rings. The van der Waals surface area contributed by atoms with Crippen LogP contribution in [0.15, 0.2) is 70.7 Å². The van der Waals surface area contributed by atoms with Crippen LogP contribution in [-0.4, -0.2) is 28.2 Å². The summed E-state index contributed by atoms with van der Waals surface area (Å²) in [6, 6.07) is 15.4. The number of fused-ring (bicyclic) bond motifs is 1. The molecule has 2 aromatic heterocycles. The molecule has 0 spiro atoms. The Morgan fingerprint density at radius 2 is 2.11 bits per heavy atom. The topological polar surface area (TPSA) is 84.7 Å². The number of amides is 2. The van der Waals surface area contributed by atoms with Crippen molar-refractivity contribution in [1.29, 1.82) is 0 Å². The Kier molecular flexibility index (Phi) is 7.32. The van der Waals surface area contributed by atoms with Gasteiger partial charge in [0.25, 0.3) is 5.91 Å². The Morgan fingerprint density at radius 1 is 1.22 bits per heavy atom. The molecule has 190 valence electrons. The van der Waals surface area contributed by atoms with E-state index in [2.05, 4.69) is 10.3 Å². The highest BCUT2D eigenvalue weighted by molar-refractivity contribution is 7.09. The molecule has 1 atom stereocenters. The second kappa shape index (κ2) is 11.0. The second-order valence-electron chi connectivity index (χ2n) is 8.69. The number of thiazole rings is 1. The van der Waals surface area contributed by atoms with E-state index in [1.165, 1.54) is 23.5 Å². The highest BCUT2D eigenvalue weighted by Gasteiger charge is 2.32. The molecule has 1 aliphatic rings. The second-order valence-corrected chi connectivity index (χ2v) is 9.63. The predicted octanol–water partition coefficient (Wildman–Crippen LogP) is 5.27. The number of carbonyl (C=O) groups is 2. The number of ether oxygens (including phenoxy) is 1. The number of nitrogens with one attached hydrogen (secondary N) is 1. The zero-order valence-electron chi connectivity index (χ0n) is 20.3. The van der Waals surface area contributed by atoms with Crippen molar-refractivity contribution in [2.75, 3.05) is 6.54 Å². The minimum atomic E-state index is -0.389. The average Bonchev–Trinajstić information content (AvgIpc) is 3.62. The van der Waals surface area contributed by atoms with Crippen LogP contribution >= 0.6 is 11.3 Å². The van der Waals surface area contributed by atoms with Crippen LogP contribution in [0.25, 0.3) is 0 Å². The maximum absolute atomic E-state index is 14.1. The van der Waals surface area contributed by atoms with Gasteiger partial charge in [-0.05, 0) is 59.5 Å². The van der Waals surface area contributed by atoms with Gasteiger partial charge >= 0.3 is 0 Å². The quantitative estimate of drug-likeness (QED) is 0.343. The highest BCUT2D eigenvalue weighted by atomic mass is 32.1. The monoisotopic (exact) mass is 519 g/mol. The molecule has 2 aromatic carbocycles. The van der Waals surface area contributed by atoms with Crippen LogP contribution in [0, 0.1) is 5.82 Å². The fourth-order valence-corrected chi connectivity index (χ4v) is 5.17. The third-order valence-electron chi connectivity index (χ3n) is 6.28. The molecule has 2 amide bonds. The summed E-state index contributed by atoms with van der Waals surface area (Å²) in [5, 5.41) is 5.13. The van der Waals surface area contributed by atoms with Gasteiger partial charge in [0, 0.05) is 18.3 Å². The summed E-state index contributed by atoms with van der Waals surface area (Å²) < 4.78 is 25.4. The SMILES string of the molecule is CCC(=O)N1CCc2ccc(OCc3nc(C(=O)NCc4ccco4)cs3)cc2C1c1cccc(F)c1. The van der Waals surface area contributed by atoms with E-state index in [1.54, 1.807) is 29.8 Å². The summed E-state index contributed by atoms with van der Waals surface area (Å²) in [6.45, 7) is 2.88. The van der Waals surface area contributed by atoms with Crippen LogP contribution in [-0.2, 0) is 24.4 Å². The van der Waals surface area contributed by atoms with E-state index in [1.807, 2.05) is 36.1 Å². The van der Waals surface area contributed by atoms with Gasteiger partial charge in [-0.2, -0.15) is 0 Å². The Hall–Kier alpha value is -3.98. The lowest BCUT2D eigenvalue weighted by molar-refractivity contribution is -0.132. The molecule has 0 saturated carbocycles. The lowest BCUT2D eigenvalue weighted by Crippen LogP contribution is -2.40. The fraction of sp³-hybridized carbons (Fsp3) is 0.250. The first-order valence-electron chi connectivity index (χ1n) is 12.1. The van der Waals surface area contributed by atoms with Crippen molar-refractivity contribution >= 4 is 23.2 Å². The summed E-state index contributed by atoms with van der Waals surface area (Å²) in [5.74, 6) is 0.673. The summed E-state index contributed by atoms with van der Waals surface area (Å²) in [4.78, 5) is 31.4. The highest BCUT2D eigenvalue weighted by Crippen LogP contribution is 2.38. The van der Waals surface area contributed by atoms with E-state index in [-0.39, 0.29) is 36.8 Å². The first kappa shape index (κ1) is 24.7. The zero-order valence-corrected chi connectivity index (χ0v) is 21.1. The number of aromatic nitrogens is 1. The van der Waals surface area contributed by atoms with Crippen LogP contribution in [0.1, 0.15) is 57.3 Å². The summed E-state index contributed by atoms with van der Waals surface area (Å²) in [6.07, 6.45) is 2.65. The molecule has 1 N–H and O–H groups in total. The molecule has 7 nitrogen and oxygen atoms in total. The molecule has 0 fully saturated rings. The van der Waals surface area contributed by atoms with E-state index in [0.29, 0.717) is 35.2 Å². The molecule has 0 aliphatic carbocycles. The van der Waals surface area contributed by atoms with Crippen LogP contribution in [0.5, 0.6) is 5.75 Å². The Balaban J connectivity index is 1.31. The van der Waals surface area contributed by atoms with E-state index >= 15 is 0 Å². The number of furan rings is 1. The smallest absolute Gasteiger partial charge is 0.271 e. The molecular weight excluding hydrogens is 493 g/mol. The fourth-order valence-electron chi connectivity index (χ4n) is 4.49. The van der Waals surface area contributed by atoms with Gasteiger partial charge in [-0.1, -0.05) is 25.1 Å². The number of nitrogens with zero attached hydrogens (tertiary/aromatic N) is 2. The van der Waals surface area contributed by atoms with Crippen LogP contribution in [0.4, 0.5) is 4.39 Å². The number of benzene rings is 2. The lowest BCUT2D eigenvalue weighted by atomic mass is 9.87. The molecule has 37 heavy (non-hydrogen) atoms.